The van der Waals surface area contributed by atoms with Crippen molar-refractivity contribution in [2.75, 3.05) is 18.5 Å². The molecule has 9 heteroatoms. The molecule has 0 saturated carbocycles. The molecular weight excluding hydrogens is 425 g/mol. The summed E-state index contributed by atoms with van der Waals surface area (Å²) in [5.41, 5.74) is 6.58. The van der Waals surface area contributed by atoms with Crippen LogP contribution in [0.4, 0.5) is 5.69 Å². The van der Waals surface area contributed by atoms with Gasteiger partial charge in [-0.2, -0.15) is 4.98 Å². The number of nitrogens with zero attached hydrogens (tertiary/aromatic N) is 3. The van der Waals surface area contributed by atoms with Gasteiger partial charge in [0.1, 0.15) is 18.0 Å². The van der Waals surface area contributed by atoms with Crippen LogP contribution in [0.3, 0.4) is 0 Å². The SMILES string of the molecule is CCOc1ccc(OCC)c(NC(N)=NCc2nc(C)no2)c1.I. The Balaban J connectivity index is 0.00000288. The molecule has 1 heterocycles. The van der Waals surface area contributed by atoms with Crippen LogP contribution in [0.1, 0.15) is 25.6 Å². The van der Waals surface area contributed by atoms with Gasteiger partial charge in [-0.3, -0.25) is 0 Å². The van der Waals surface area contributed by atoms with Crippen LogP contribution < -0.4 is 20.5 Å². The van der Waals surface area contributed by atoms with Crippen LogP contribution >= 0.6 is 24.0 Å². The van der Waals surface area contributed by atoms with Gasteiger partial charge in [0.2, 0.25) is 5.89 Å². The highest BCUT2D eigenvalue weighted by molar-refractivity contribution is 14.0. The van der Waals surface area contributed by atoms with Gasteiger partial charge in [-0.1, -0.05) is 5.16 Å². The highest BCUT2D eigenvalue weighted by atomic mass is 127. The van der Waals surface area contributed by atoms with Crippen molar-refractivity contribution in [3.05, 3.63) is 29.9 Å². The maximum absolute atomic E-state index is 5.90. The lowest BCUT2D eigenvalue weighted by atomic mass is 10.2. The summed E-state index contributed by atoms with van der Waals surface area (Å²) in [4.78, 5) is 8.23. The number of rotatable bonds is 7. The van der Waals surface area contributed by atoms with E-state index in [-0.39, 0.29) is 36.5 Å². The third-order valence-corrected chi connectivity index (χ3v) is 2.78. The molecule has 0 radical (unpaired) electrons. The van der Waals surface area contributed by atoms with Crippen molar-refractivity contribution in [2.24, 2.45) is 10.7 Å². The minimum absolute atomic E-state index is 0. The first kappa shape index (κ1) is 20.0. The first-order chi connectivity index (χ1) is 11.1. The summed E-state index contributed by atoms with van der Waals surface area (Å²) in [7, 11) is 0. The van der Waals surface area contributed by atoms with Crippen LogP contribution in [0.15, 0.2) is 27.7 Å². The zero-order valence-electron chi connectivity index (χ0n) is 13.9. The first-order valence-corrected chi connectivity index (χ1v) is 7.38. The van der Waals surface area contributed by atoms with Crippen molar-refractivity contribution in [1.29, 1.82) is 0 Å². The molecule has 3 N–H and O–H groups in total. The number of hydrogen-bond acceptors (Lipinski definition) is 6. The zero-order chi connectivity index (χ0) is 16.7. The summed E-state index contributed by atoms with van der Waals surface area (Å²) in [6, 6.07) is 5.48. The number of ether oxygens (including phenoxy) is 2. The van der Waals surface area contributed by atoms with Gasteiger partial charge in [0.05, 0.1) is 18.9 Å². The summed E-state index contributed by atoms with van der Waals surface area (Å²) in [5, 5.41) is 6.70. The maximum atomic E-state index is 5.90. The van der Waals surface area contributed by atoms with Crippen LogP contribution in [-0.2, 0) is 6.54 Å². The number of aryl methyl sites for hydroxylation is 1. The van der Waals surface area contributed by atoms with Crippen molar-refractivity contribution < 1.29 is 14.0 Å². The Morgan fingerprint density at radius 3 is 2.67 bits per heavy atom. The molecule has 24 heavy (non-hydrogen) atoms. The van der Waals surface area contributed by atoms with Gasteiger partial charge in [-0.25, -0.2) is 4.99 Å². The molecule has 0 fully saturated rings. The maximum Gasteiger partial charge on any atom is 0.248 e. The number of halogens is 1. The third-order valence-electron chi connectivity index (χ3n) is 2.78. The number of guanidine groups is 1. The second-order valence-electron chi connectivity index (χ2n) is 4.59. The number of hydrogen-bond donors (Lipinski definition) is 2. The predicted octanol–water partition coefficient (Wildman–Crippen LogP) is 2.72. The van der Waals surface area contributed by atoms with Crippen LogP contribution in [0.5, 0.6) is 11.5 Å². The molecule has 2 aromatic rings. The Bertz CT molecular complexity index is 675. The molecule has 0 unspecified atom stereocenters. The number of benzene rings is 1. The third kappa shape index (κ3) is 5.87. The second kappa shape index (κ2) is 9.96. The molecule has 0 spiro atoms. The Labute approximate surface area is 157 Å². The number of aliphatic imine (C=N–C) groups is 1. The van der Waals surface area contributed by atoms with Gasteiger partial charge >= 0.3 is 0 Å². The number of anilines is 1. The molecule has 132 valence electrons. The molecule has 0 amide bonds. The fourth-order valence-electron chi connectivity index (χ4n) is 1.88. The molecule has 2 rings (SSSR count). The molecular formula is C15H22IN5O3. The quantitative estimate of drug-likeness (QED) is 0.382. The fraction of sp³-hybridized carbons (Fsp3) is 0.400. The molecule has 1 aromatic heterocycles. The number of aromatic nitrogens is 2. The van der Waals surface area contributed by atoms with Crippen LogP contribution in [-0.4, -0.2) is 29.3 Å². The summed E-state index contributed by atoms with van der Waals surface area (Å²) in [5.74, 6) is 2.57. The molecule has 1 aromatic carbocycles. The largest absolute Gasteiger partial charge is 0.494 e. The average molecular weight is 447 g/mol. The van der Waals surface area contributed by atoms with Gasteiger partial charge in [0.15, 0.2) is 11.8 Å². The van der Waals surface area contributed by atoms with Gasteiger partial charge < -0.3 is 25.0 Å². The lowest BCUT2D eigenvalue weighted by Gasteiger charge is -2.13. The van der Waals surface area contributed by atoms with Crippen molar-refractivity contribution in [1.82, 2.24) is 10.1 Å². The number of nitrogens with one attached hydrogen (secondary N) is 1. The normalized spacial score (nSPS) is 10.9. The molecule has 0 saturated heterocycles. The lowest BCUT2D eigenvalue weighted by molar-refractivity contribution is 0.332. The molecule has 8 nitrogen and oxygen atoms in total. The zero-order valence-corrected chi connectivity index (χ0v) is 16.2. The summed E-state index contributed by atoms with van der Waals surface area (Å²) < 4.78 is 16.0. The molecule has 0 aliphatic heterocycles. The van der Waals surface area contributed by atoms with Gasteiger partial charge in [0, 0.05) is 6.07 Å². The van der Waals surface area contributed by atoms with Crippen LogP contribution in [0.2, 0.25) is 0 Å². The second-order valence-corrected chi connectivity index (χ2v) is 4.59. The van der Waals surface area contributed by atoms with E-state index >= 15 is 0 Å². The fourth-order valence-corrected chi connectivity index (χ4v) is 1.88. The average Bonchev–Trinajstić information content (AvgIpc) is 2.94. The Morgan fingerprint density at radius 2 is 2.04 bits per heavy atom. The first-order valence-electron chi connectivity index (χ1n) is 7.38. The monoisotopic (exact) mass is 447 g/mol. The van der Waals surface area contributed by atoms with E-state index in [4.69, 9.17) is 19.7 Å². The van der Waals surface area contributed by atoms with Crippen molar-refractivity contribution in [3.8, 4) is 11.5 Å². The number of nitrogens with two attached hydrogens (primary N) is 1. The minimum atomic E-state index is 0. The van der Waals surface area contributed by atoms with E-state index in [1.165, 1.54) is 0 Å². The van der Waals surface area contributed by atoms with E-state index in [1.54, 1.807) is 6.92 Å². The molecule has 0 aliphatic carbocycles. The van der Waals surface area contributed by atoms with E-state index in [9.17, 15) is 0 Å². The Morgan fingerprint density at radius 1 is 1.29 bits per heavy atom. The van der Waals surface area contributed by atoms with E-state index in [0.717, 1.165) is 5.75 Å². The summed E-state index contributed by atoms with van der Waals surface area (Å²) >= 11 is 0. The van der Waals surface area contributed by atoms with Crippen molar-refractivity contribution >= 4 is 35.6 Å². The predicted molar refractivity (Wildman–Crippen MR) is 102 cm³/mol. The smallest absolute Gasteiger partial charge is 0.248 e. The van der Waals surface area contributed by atoms with Crippen molar-refractivity contribution in [2.45, 2.75) is 27.3 Å². The van der Waals surface area contributed by atoms with E-state index < -0.39 is 0 Å². The summed E-state index contributed by atoms with van der Waals surface area (Å²) in [6.45, 7) is 6.90. The highest BCUT2D eigenvalue weighted by Crippen LogP contribution is 2.29. The topological polar surface area (TPSA) is 108 Å². The van der Waals surface area contributed by atoms with E-state index in [2.05, 4.69) is 20.4 Å². The standard InChI is InChI=1S/C15H21N5O3.HI/c1-4-21-11-6-7-13(22-5-2)12(8-11)19-15(16)17-9-14-18-10(3)20-23-14;/h6-8H,4-5,9H2,1-3H3,(H3,16,17,19);1H. The van der Waals surface area contributed by atoms with Gasteiger partial charge in [-0.15, -0.1) is 24.0 Å². The van der Waals surface area contributed by atoms with E-state index in [0.29, 0.717) is 36.4 Å². The summed E-state index contributed by atoms with van der Waals surface area (Å²) in [6.07, 6.45) is 0. The molecule has 0 atom stereocenters. The van der Waals surface area contributed by atoms with Crippen molar-refractivity contribution in [3.63, 3.8) is 0 Å². The van der Waals surface area contributed by atoms with Crippen LogP contribution in [0, 0.1) is 6.92 Å². The van der Waals surface area contributed by atoms with Gasteiger partial charge in [-0.05, 0) is 32.9 Å². The van der Waals surface area contributed by atoms with E-state index in [1.807, 2.05) is 32.0 Å². The molecule has 0 bridgehead atoms. The van der Waals surface area contributed by atoms with Crippen LogP contribution in [0.25, 0.3) is 0 Å². The molecule has 0 aliphatic rings. The highest BCUT2D eigenvalue weighted by Gasteiger charge is 2.08. The Hall–Kier alpha value is -2.04. The Kier molecular flexibility index (Phi) is 8.30. The van der Waals surface area contributed by atoms with Gasteiger partial charge in [0.25, 0.3) is 0 Å². The minimum Gasteiger partial charge on any atom is -0.494 e. The lowest BCUT2D eigenvalue weighted by Crippen LogP contribution is -2.23.